The van der Waals surface area contributed by atoms with E-state index in [-0.39, 0.29) is 18.2 Å². The molecule has 146 valence electrons. The van der Waals surface area contributed by atoms with Crippen molar-refractivity contribution in [3.63, 3.8) is 0 Å². The number of rotatable bonds is 9. The third-order valence-corrected chi connectivity index (χ3v) is 4.86. The number of aromatic amines is 1. The molecule has 0 aliphatic rings. The van der Waals surface area contributed by atoms with E-state index in [2.05, 4.69) is 15.3 Å². The Labute approximate surface area is 169 Å². The van der Waals surface area contributed by atoms with Gasteiger partial charge in [0.05, 0.1) is 17.9 Å². The standard InChI is InChI=1S/C21H23ClN4O2/c22-17-9-7-16(8-10-17)19(20-6-2-4-12-26(20)28)13-21(27)24-11-3-1-5-18-14-23-15-25-18/h2,4,6-10,12,14-15,19H,1,3,5,11,13H2,(H,23,25)(H,24,27). The van der Waals surface area contributed by atoms with Crippen molar-refractivity contribution in [3.05, 3.63) is 88.4 Å². The fourth-order valence-electron chi connectivity index (χ4n) is 3.14. The van der Waals surface area contributed by atoms with Crippen LogP contribution in [-0.4, -0.2) is 22.4 Å². The first-order valence-corrected chi connectivity index (χ1v) is 9.69. The Bertz CT molecular complexity index is 882. The number of H-pyrrole nitrogens is 1. The van der Waals surface area contributed by atoms with Crippen LogP contribution in [0.1, 0.15) is 42.1 Å². The first kappa shape index (κ1) is 19.9. The average Bonchev–Trinajstić information content (AvgIpc) is 3.21. The summed E-state index contributed by atoms with van der Waals surface area (Å²) in [5, 5.41) is 15.8. The van der Waals surface area contributed by atoms with E-state index >= 15 is 0 Å². The SMILES string of the molecule is O=C(CC(c1ccc(Cl)cc1)c1cccc[n+]1[O-])NCCCCc1c[nH]cn1. The molecule has 2 heterocycles. The molecule has 0 spiro atoms. The highest BCUT2D eigenvalue weighted by Crippen LogP contribution is 2.27. The monoisotopic (exact) mass is 398 g/mol. The van der Waals surface area contributed by atoms with Crippen LogP contribution in [0.4, 0.5) is 0 Å². The Balaban J connectivity index is 1.58. The van der Waals surface area contributed by atoms with Crippen LogP contribution in [-0.2, 0) is 11.2 Å². The van der Waals surface area contributed by atoms with Crippen molar-refractivity contribution in [2.75, 3.05) is 6.54 Å². The topological polar surface area (TPSA) is 84.7 Å². The summed E-state index contributed by atoms with van der Waals surface area (Å²) in [6.07, 6.45) is 7.90. The number of amides is 1. The number of hydrogen-bond donors (Lipinski definition) is 2. The molecule has 0 aliphatic heterocycles. The van der Waals surface area contributed by atoms with E-state index in [1.807, 2.05) is 18.3 Å². The number of aryl methyl sites for hydroxylation is 1. The van der Waals surface area contributed by atoms with Crippen LogP contribution in [0.15, 0.2) is 61.2 Å². The number of hydrogen-bond acceptors (Lipinski definition) is 3. The summed E-state index contributed by atoms with van der Waals surface area (Å²) in [5.41, 5.74) is 2.45. The second-order valence-corrected chi connectivity index (χ2v) is 7.06. The van der Waals surface area contributed by atoms with E-state index in [1.165, 1.54) is 6.20 Å². The summed E-state index contributed by atoms with van der Waals surface area (Å²) < 4.78 is 0.816. The van der Waals surface area contributed by atoms with E-state index in [9.17, 15) is 10.0 Å². The van der Waals surface area contributed by atoms with Gasteiger partial charge in [-0.1, -0.05) is 23.7 Å². The second-order valence-electron chi connectivity index (χ2n) is 6.63. The van der Waals surface area contributed by atoms with Gasteiger partial charge in [0.15, 0.2) is 6.20 Å². The van der Waals surface area contributed by atoms with Crippen molar-refractivity contribution in [1.29, 1.82) is 0 Å². The van der Waals surface area contributed by atoms with Crippen LogP contribution in [0.5, 0.6) is 0 Å². The minimum atomic E-state index is -0.333. The number of pyridine rings is 1. The molecular formula is C21H23ClN4O2. The minimum Gasteiger partial charge on any atom is -0.618 e. The van der Waals surface area contributed by atoms with Gasteiger partial charge in [-0.2, -0.15) is 4.73 Å². The summed E-state index contributed by atoms with van der Waals surface area (Å²) in [7, 11) is 0. The molecule has 0 radical (unpaired) electrons. The molecule has 0 saturated heterocycles. The molecule has 2 aromatic heterocycles. The van der Waals surface area contributed by atoms with Gasteiger partial charge in [0.25, 0.3) is 0 Å². The van der Waals surface area contributed by atoms with Crippen molar-refractivity contribution >= 4 is 17.5 Å². The number of nitrogens with one attached hydrogen (secondary N) is 2. The zero-order valence-electron chi connectivity index (χ0n) is 15.5. The van der Waals surface area contributed by atoms with Crippen LogP contribution in [0.25, 0.3) is 0 Å². The van der Waals surface area contributed by atoms with Crippen LogP contribution >= 0.6 is 11.6 Å². The van der Waals surface area contributed by atoms with Gasteiger partial charge in [-0.05, 0) is 43.0 Å². The first-order chi connectivity index (χ1) is 13.6. The Morgan fingerprint density at radius 3 is 2.75 bits per heavy atom. The van der Waals surface area contributed by atoms with Crippen LogP contribution in [0, 0.1) is 5.21 Å². The molecule has 2 N–H and O–H groups in total. The molecular weight excluding hydrogens is 376 g/mol. The quantitative estimate of drug-likeness (QED) is 0.329. The third kappa shape index (κ3) is 5.57. The lowest BCUT2D eigenvalue weighted by molar-refractivity contribution is -0.615. The zero-order valence-corrected chi connectivity index (χ0v) is 16.2. The number of benzene rings is 1. The summed E-state index contributed by atoms with van der Waals surface area (Å²) in [4.78, 5) is 19.6. The highest BCUT2D eigenvalue weighted by atomic mass is 35.5. The maximum Gasteiger partial charge on any atom is 0.221 e. The number of halogens is 1. The normalized spacial score (nSPS) is 11.9. The lowest BCUT2D eigenvalue weighted by atomic mass is 9.91. The number of aromatic nitrogens is 3. The molecule has 3 rings (SSSR count). The van der Waals surface area contributed by atoms with Crippen molar-refractivity contribution in [2.45, 2.75) is 31.6 Å². The maximum atomic E-state index is 12.5. The van der Waals surface area contributed by atoms with Crippen molar-refractivity contribution in [3.8, 4) is 0 Å². The van der Waals surface area contributed by atoms with Crippen LogP contribution < -0.4 is 10.0 Å². The van der Waals surface area contributed by atoms with Gasteiger partial charge >= 0.3 is 0 Å². The molecule has 0 saturated carbocycles. The fraction of sp³-hybridized carbons (Fsp3) is 0.286. The fourth-order valence-corrected chi connectivity index (χ4v) is 3.27. The van der Waals surface area contributed by atoms with Crippen LogP contribution in [0.3, 0.4) is 0 Å². The molecule has 7 heteroatoms. The number of unbranched alkanes of at least 4 members (excludes halogenated alkanes) is 1. The largest absolute Gasteiger partial charge is 0.618 e. The van der Waals surface area contributed by atoms with E-state index < -0.39 is 0 Å². The molecule has 28 heavy (non-hydrogen) atoms. The Morgan fingerprint density at radius 1 is 1.21 bits per heavy atom. The van der Waals surface area contributed by atoms with Gasteiger partial charge in [0, 0.05) is 36.3 Å². The predicted octanol–water partition coefficient (Wildman–Crippen LogP) is 3.36. The van der Waals surface area contributed by atoms with E-state index in [1.54, 1.807) is 36.7 Å². The highest BCUT2D eigenvalue weighted by molar-refractivity contribution is 6.30. The number of nitrogens with zero attached hydrogens (tertiary/aromatic N) is 2. The van der Waals surface area contributed by atoms with E-state index in [0.717, 1.165) is 35.3 Å². The molecule has 6 nitrogen and oxygen atoms in total. The van der Waals surface area contributed by atoms with Gasteiger partial charge in [-0.15, -0.1) is 0 Å². The molecule has 1 aromatic carbocycles. The molecule has 1 atom stereocenters. The van der Waals surface area contributed by atoms with Crippen molar-refractivity contribution in [2.24, 2.45) is 0 Å². The van der Waals surface area contributed by atoms with E-state index in [0.29, 0.717) is 17.3 Å². The number of carbonyl (C=O) groups is 1. The third-order valence-electron chi connectivity index (χ3n) is 4.61. The summed E-state index contributed by atoms with van der Waals surface area (Å²) >= 11 is 5.98. The van der Waals surface area contributed by atoms with Crippen molar-refractivity contribution < 1.29 is 9.52 Å². The Morgan fingerprint density at radius 2 is 2.04 bits per heavy atom. The minimum absolute atomic E-state index is 0.0800. The van der Waals surface area contributed by atoms with Gasteiger partial charge in [-0.3, -0.25) is 4.79 Å². The Hall–Kier alpha value is -2.86. The van der Waals surface area contributed by atoms with Gasteiger partial charge in [0.2, 0.25) is 11.6 Å². The lowest BCUT2D eigenvalue weighted by Gasteiger charge is -2.17. The molecule has 0 bridgehead atoms. The summed E-state index contributed by atoms with van der Waals surface area (Å²) in [6, 6.07) is 12.5. The van der Waals surface area contributed by atoms with Gasteiger partial charge in [0.1, 0.15) is 0 Å². The molecule has 1 unspecified atom stereocenters. The molecule has 1 amide bonds. The lowest BCUT2D eigenvalue weighted by Crippen LogP contribution is -2.35. The molecule has 0 fully saturated rings. The first-order valence-electron chi connectivity index (χ1n) is 9.31. The van der Waals surface area contributed by atoms with E-state index in [4.69, 9.17) is 11.6 Å². The van der Waals surface area contributed by atoms with Gasteiger partial charge in [-0.25, -0.2) is 4.98 Å². The van der Waals surface area contributed by atoms with Crippen LogP contribution in [0.2, 0.25) is 5.02 Å². The summed E-state index contributed by atoms with van der Waals surface area (Å²) in [5.74, 6) is -0.413. The number of imidazole rings is 1. The molecule has 3 aromatic rings. The smallest absolute Gasteiger partial charge is 0.221 e. The predicted molar refractivity (Wildman–Crippen MR) is 108 cm³/mol. The Kier molecular flexibility index (Phi) is 7.03. The van der Waals surface area contributed by atoms with Gasteiger partial charge < -0.3 is 15.5 Å². The average molecular weight is 399 g/mol. The van der Waals surface area contributed by atoms with Crippen molar-refractivity contribution in [1.82, 2.24) is 15.3 Å². The molecule has 0 aliphatic carbocycles. The zero-order chi connectivity index (χ0) is 19.8. The second kappa shape index (κ2) is 9.90. The summed E-state index contributed by atoms with van der Waals surface area (Å²) in [6.45, 7) is 0.600. The number of carbonyl (C=O) groups excluding carboxylic acids is 1. The maximum absolute atomic E-state index is 12.5. The highest BCUT2D eigenvalue weighted by Gasteiger charge is 2.24.